The quantitative estimate of drug-likeness (QED) is 0.739. The zero-order valence-corrected chi connectivity index (χ0v) is 7.44. The maximum Gasteiger partial charge on any atom is 0.341 e. The van der Waals surface area contributed by atoms with E-state index in [2.05, 4.69) is 9.97 Å². The highest BCUT2D eigenvalue weighted by molar-refractivity contribution is 5.68. The molecule has 0 aliphatic rings. The Morgan fingerprint density at radius 1 is 1.54 bits per heavy atom. The molecule has 0 atom stereocenters. The second kappa shape index (κ2) is 3.84. The van der Waals surface area contributed by atoms with E-state index < -0.39 is 12.6 Å². The van der Waals surface area contributed by atoms with Gasteiger partial charge in [0.2, 0.25) is 5.88 Å². The first-order chi connectivity index (χ1) is 6.09. The first kappa shape index (κ1) is 9.44. The molecular weight excluding hydrogens is 172 g/mol. The Bertz CT molecular complexity index is 325. The normalized spacial score (nSPS) is 9.69. The predicted molar refractivity (Wildman–Crippen MR) is 44.6 cm³/mol. The minimum absolute atomic E-state index is 0.241. The first-order valence-corrected chi connectivity index (χ1v) is 3.74. The molecule has 0 amide bonds. The third kappa shape index (κ3) is 2.70. The smallest absolute Gasteiger partial charge is 0.341 e. The van der Waals surface area contributed by atoms with Gasteiger partial charge in [0.05, 0.1) is 17.6 Å². The number of carboxylic acid groups (broad SMARTS) is 1. The van der Waals surface area contributed by atoms with Crippen LogP contribution in [-0.2, 0) is 4.79 Å². The van der Waals surface area contributed by atoms with Gasteiger partial charge >= 0.3 is 5.97 Å². The highest BCUT2D eigenvalue weighted by atomic mass is 16.5. The number of nitrogens with zero attached hydrogens (tertiary/aromatic N) is 2. The largest absolute Gasteiger partial charge is 0.479 e. The average Bonchev–Trinajstić information content (AvgIpc) is 2.07. The van der Waals surface area contributed by atoms with Crippen LogP contribution in [0.3, 0.4) is 0 Å². The van der Waals surface area contributed by atoms with Crippen molar-refractivity contribution in [2.75, 3.05) is 6.61 Å². The van der Waals surface area contributed by atoms with Crippen LogP contribution in [0.25, 0.3) is 0 Å². The monoisotopic (exact) mass is 182 g/mol. The molecule has 1 N–H and O–H groups in total. The number of hydrogen-bond donors (Lipinski definition) is 1. The number of carbonyl (C=O) groups is 1. The Morgan fingerprint density at radius 2 is 2.23 bits per heavy atom. The van der Waals surface area contributed by atoms with Crippen LogP contribution >= 0.6 is 0 Å². The molecule has 0 saturated heterocycles. The third-order valence-corrected chi connectivity index (χ3v) is 1.51. The minimum atomic E-state index is -1.03. The van der Waals surface area contributed by atoms with Gasteiger partial charge in [0, 0.05) is 0 Å². The van der Waals surface area contributed by atoms with Crippen molar-refractivity contribution < 1.29 is 14.6 Å². The molecule has 1 rings (SSSR count). The van der Waals surface area contributed by atoms with Crippen molar-refractivity contribution in [2.24, 2.45) is 0 Å². The van der Waals surface area contributed by atoms with Crippen molar-refractivity contribution >= 4 is 5.97 Å². The van der Waals surface area contributed by atoms with Crippen LogP contribution < -0.4 is 4.74 Å². The summed E-state index contributed by atoms with van der Waals surface area (Å²) in [6.07, 6.45) is 1.41. The number of rotatable bonds is 3. The van der Waals surface area contributed by atoms with Gasteiger partial charge in [0.1, 0.15) is 0 Å². The molecule has 0 unspecified atom stereocenters. The predicted octanol–water partition coefficient (Wildman–Crippen LogP) is 0.557. The van der Waals surface area contributed by atoms with Gasteiger partial charge in [-0.3, -0.25) is 4.98 Å². The highest BCUT2D eigenvalue weighted by Gasteiger charge is 2.02. The fraction of sp³-hybridized carbons (Fsp3) is 0.375. The molecule has 1 aromatic heterocycles. The summed E-state index contributed by atoms with van der Waals surface area (Å²) in [5.41, 5.74) is 1.55. The molecule has 0 aliphatic heterocycles. The lowest BCUT2D eigenvalue weighted by Crippen LogP contribution is -2.10. The van der Waals surface area contributed by atoms with Crippen molar-refractivity contribution in [1.29, 1.82) is 0 Å². The molecule has 1 aromatic rings. The van der Waals surface area contributed by atoms with E-state index in [1.807, 2.05) is 6.92 Å². The number of ether oxygens (including phenoxy) is 1. The molecule has 0 saturated carbocycles. The Labute approximate surface area is 75.4 Å². The molecule has 5 nitrogen and oxygen atoms in total. The van der Waals surface area contributed by atoms with Gasteiger partial charge in [-0.15, -0.1) is 0 Å². The highest BCUT2D eigenvalue weighted by Crippen LogP contribution is 2.07. The lowest BCUT2D eigenvalue weighted by Gasteiger charge is -2.03. The fourth-order valence-corrected chi connectivity index (χ4v) is 0.726. The van der Waals surface area contributed by atoms with E-state index in [4.69, 9.17) is 9.84 Å². The molecule has 0 aliphatic carbocycles. The van der Waals surface area contributed by atoms with Crippen LogP contribution in [0, 0.1) is 13.8 Å². The zero-order chi connectivity index (χ0) is 9.84. The van der Waals surface area contributed by atoms with E-state index >= 15 is 0 Å². The summed E-state index contributed by atoms with van der Waals surface area (Å²) in [7, 11) is 0. The number of aliphatic carboxylic acids is 1. The van der Waals surface area contributed by atoms with E-state index in [0.29, 0.717) is 0 Å². The fourth-order valence-electron chi connectivity index (χ4n) is 0.726. The lowest BCUT2D eigenvalue weighted by molar-refractivity contribution is -0.139. The molecule has 5 heteroatoms. The van der Waals surface area contributed by atoms with Crippen LogP contribution in [0.4, 0.5) is 0 Å². The molecule has 0 aromatic carbocycles. The van der Waals surface area contributed by atoms with Crippen molar-refractivity contribution in [1.82, 2.24) is 9.97 Å². The molecule has 13 heavy (non-hydrogen) atoms. The van der Waals surface area contributed by atoms with Gasteiger partial charge in [-0.05, 0) is 13.8 Å². The van der Waals surface area contributed by atoms with Gasteiger partial charge in [-0.25, -0.2) is 9.78 Å². The molecule has 1 heterocycles. The van der Waals surface area contributed by atoms with Crippen LogP contribution in [0.5, 0.6) is 5.88 Å². The van der Waals surface area contributed by atoms with Crippen LogP contribution in [0.15, 0.2) is 6.20 Å². The van der Waals surface area contributed by atoms with Crippen LogP contribution in [0.1, 0.15) is 11.4 Å². The lowest BCUT2D eigenvalue weighted by atomic mass is 10.4. The number of aromatic nitrogens is 2. The van der Waals surface area contributed by atoms with Crippen LogP contribution in [0.2, 0.25) is 0 Å². The summed E-state index contributed by atoms with van der Waals surface area (Å²) in [6, 6.07) is 0. The molecule has 0 spiro atoms. The Morgan fingerprint density at radius 3 is 2.77 bits per heavy atom. The first-order valence-electron chi connectivity index (χ1n) is 3.74. The second-order valence-corrected chi connectivity index (χ2v) is 2.56. The van der Waals surface area contributed by atoms with Crippen molar-refractivity contribution in [3.8, 4) is 5.88 Å². The maximum atomic E-state index is 10.2. The van der Waals surface area contributed by atoms with Gasteiger partial charge in [0.25, 0.3) is 0 Å². The summed E-state index contributed by atoms with van der Waals surface area (Å²) in [5, 5.41) is 8.33. The Hall–Kier alpha value is -1.65. The summed E-state index contributed by atoms with van der Waals surface area (Å²) in [4.78, 5) is 18.1. The summed E-state index contributed by atoms with van der Waals surface area (Å²) in [6.45, 7) is 3.22. The maximum absolute atomic E-state index is 10.2. The van der Waals surface area contributed by atoms with E-state index in [0.717, 1.165) is 11.4 Å². The van der Waals surface area contributed by atoms with Gasteiger partial charge in [0.15, 0.2) is 6.61 Å². The third-order valence-electron chi connectivity index (χ3n) is 1.51. The Kier molecular flexibility index (Phi) is 2.79. The summed E-state index contributed by atoms with van der Waals surface area (Å²) in [5.74, 6) is -0.787. The zero-order valence-electron chi connectivity index (χ0n) is 7.44. The standard InChI is InChI=1S/C8H10N2O3/c1-5-6(2)10-7(3-9-5)13-4-8(11)12/h3H,4H2,1-2H3,(H,11,12). The van der Waals surface area contributed by atoms with Gasteiger partial charge in [-0.1, -0.05) is 0 Å². The van der Waals surface area contributed by atoms with E-state index in [9.17, 15) is 4.79 Å². The van der Waals surface area contributed by atoms with E-state index in [1.54, 1.807) is 6.92 Å². The van der Waals surface area contributed by atoms with Crippen molar-refractivity contribution in [3.05, 3.63) is 17.6 Å². The van der Waals surface area contributed by atoms with E-state index in [1.165, 1.54) is 6.20 Å². The second-order valence-electron chi connectivity index (χ2n) is 2.56. The molecule has 70 valence electrons. The number of aryl methyl sites for hydroxylation is 2. The SMILES string of the molecule is Cc1ncc(OCC(=O)O)nc1C. The average molecular weight is 182 g/mol. The topological polar surface area (TPSA) is 72.3 Å². The van der Waals surface area contributed by atoms with Gasteiger partial charge < -0.3 is 9.84 Å². The molecule has 0 radical (unpaired) electrons. The number of carboxylic acids is 1. The minimum Gasteiger partial charge on any atom is -0.479 e. The summed E-state index contributed by atoms with van der Waals surface area (Å²) < 4.78 is 4.83. The van der Waals surface area contributed by atoms with Crippen molar-refractivity contribution in [2.45, 2.75) is 13.8 Å². The Balaban J connectivity index is 2.68. The summed E-state index contributed by atoms with van der Waals surface area (Å²) >= 11 is 0. The molecule has 0 bridgehead atoms. The van der Waals surface area contributed by atoms with Gasteiger partial charge in [-0.2, -0.15) is 0 Å². The van der Waals surface area contributed by atoms with Crippen molar-refractivity contribution in [3.63, 3.8) is 0 Å². The molecular formula is C8H10N2O3. The van der Waals surface area contributed by atoms with E-state index in [-0.39, 0.29) is 5.88 Å². The molecule has 0 fully saturated rings. The number of hydrogen-bond acceptors (Lipinski definition) is 4. The van der Waals surface area contributed by atoms with Crippen LogP contribution in [-0.4, -0.2) is 27.7 Å².